The molecule has 0 atom stereocenters. The third-order valence-corrected chi connectivity index (χ3v) is 7.90. The average Bonchev–Trinajstić information content (AvgIpc) is 3.58. The molecule has 6 nitrogen and oxygen atoms in total. The van der Waals surface area contributed by atoms with Crippen molar-refractivity contribution >= 4 is 27.8 Å². The molecule has 1 aliphatic heterocycles. The molecule has 1 saturated heterocycles. The Morgan fingerprint density at radius 3 is 2.86 bits per heavy atom. The van der Waals surface area contributed by atoms with E-state index in [1.54, 1.807) is 11.3 Å². The lowest BCUT2D eigenvalue weighted by Crippen LogP contribution is -2.34. The van der Waals surface area contributed by atoms with Crippen LogP contribution in [0.2, 0.25) is 0 Å². The first-order valence-corrected chi connectivity index (χ1v) is 13.0. The molecule has 5 heterocycles. The molecular weight excluding hydrogens is 452 g/mol. The summed E-state index contributed by atoms with van der Waals surface area (Å²) < 4.78 is 2.24. The number of H-pyrrole nitrogens is 1. The van der Waals surface area contributed by atoms with Crippen LogP contribution in [-0.2, 0) is 0 Å². The Morgan fingerprint density at radius 2 is 2.03 bits per heavy atom. The van der Waals surface area contributed by atoms with Crippen LogP contribution in [0.5, 0.6) is 0 Å². The number of hydrogen-bond donors (Lipinski definition) is 1. The maximum Gasteiger partial charge on any atom is 0.117 e. The van der Waals surface area contributed by atoms with Gasteiger partial charge in [-0.2, -0.15) is 0 Å². The molecule has 0 spiro atoms. The molecule has 0 saturated carbocycles. The molecule has 35 heavy (non-hydrogen) atoms. The highest BCUT2D eigenvalue weighted by Gasteiger charge is 2.25. The molecule has 1 N–H and O–H groups in total. The van der Waals surface area contributed by atoms with Crippen LogP contribution in [0, 0.1) is 25.7 Å². The summed E-state index contributed by atoms with van der Waals surface area (Å²) in [7, 11) is 0. The van der Waals surface area contributed by atoms with E-state index in [9.17, 15) is 0 Å². The third kappa shape index (κ3) is 4.36. The highest BCUT2D eigenvalue weighted by atomic mass is 32.1. The number of nitrogens with one attached hydrogen (secondary N) is 1. The van der Waals surface area contributed by atoms with Crippen molar-refractivity contribution in [1.29, 1.82) is 0 Å². The number of thiazole rings is 1. The smallest absolute Gasteiger partial charge is 0.117 e. The number of aromatic amines is 1. The van der Waals surface area contributed by atoms with E-state index in [0.717, 1.165) is 82.6 Å². The van der Waals surface area contributed by atoms with E-state index in [1.165, 1.54) is 5.39 Å². The van der Waals surface area contributed by atoms with Crippen molar-refractivity contribution in [1.82, 2.24) is 29.2 Å². The monoisotopic (exact) mass is 480 g/mol. The highest BCUT2D eigenvalue weighted by Crippen LogP contribution is 2.33. The number of benzene rings is 1. The summed E-state index contributed by atoms with van der Waals surface area (Å²) >= 11 is 1.69. The number of imidazole rings is 1. The minimum atomic E-state index is 0.443. The van der Waals surface area contributed by atoms with E-state index in [-0.39, 0.29) is 0 Å². The number of aromatic nitrogens is 5. The van der Waals surface area contributed by atoms with Gasteiger partial charge in [-0.25, -0.2) is 9.97 Å². The zero-order valence-corrected chi connectivity index (χ0v) is 20.9. The Hall–Kier alpha value is -3.47. The summed E-state index contributed by atoms with van der Waals surface area (Å²) in [6.07, 6.45) is 10.9. The molecule has 7 heteroatoms. The van der Waals surface area contributed by atoms with Crippen LogP contribution in [0.25, 0.3) is 27.7 Å². The van der Waals surface area contributed by atoms with E-state index >= 15 is 0 Å². The zero-order valence-electron chi connectivity index (χ0n) is 20.1. The second-order valence-electron chi connectivity index (χ2n) is 9.24. The normalized spacial score (nSPS) is 15.0. The molecule has 0 unspecified atom stereocenters. The van der Waals surface area contributed by atoms with E-state index in [2.05, 4.69) is 66.6 Å². The molecule has 6 rings (SSSR count). The molecular formula is C28H28N6S. The van der Waals surface area contributed by atoms with E-state index in [1.807, 2.05) is 32.4 Å². The molecule has 4 aromatic heterocycles. The summed E-state index contributed by atoms with van der Waals surface area (Å²) in [4.78, 5) is 21.0. The van der Waals surface area contributed by atoms with Gasteiger partial charge in [-0.15, -0.1) is 11.3 Å². The van der Waals surface area contributed by atoms with Crippen molar-refractivity contribution in [2.75, 3.05) is 19.6 Å². The fourth-order valence-corrected chi connectivity index (χ4v) is 5.87. The van der Waals surface area contributed by atoms with Crippen LogP contribution in [0.1, 0.15) is 46.6 Å². The highest BCUT2D eigenvalue weighted by molar-refractivity contribution is 7.12. The molecule has 0 aliphatic carbocycles. The zero-order chi connectivity index (χ0) is 23.8. The first-order chi connectivity index (χ1) is 17.2. The Morgan fingerprint density at radius 1 is 1.14 bits per heavy atom. The van der Waals surface area contributed by atoms with Gasteiger partial charge in [0, 0.05) is 48.6 Å². The van der Waals surface area contributed by atoms with E-state index in [4.69, 9.17) is 4.98 Å². The van der Waals surface area contributed by atoms with Gasteiger partial charge in [0.25, 0.3) is 0 Å². The lowest BCUT2D eigenvalue weighted by atomic mass is 9.96. The van der Waals surface area contributed by atoms with Crippen molar-refractivity contribution in [3.05, 3.63) is 70.5 Å². The van der Waals surface area contributed by atoms with Crippen molar-refractivity contribution in [3.8, 4) is 23.1 Å². The minimum absolute atomic E-state index is 0.443. The first kappa shape index (κ1) is 22.0. The van der Waals surface area contributed by atoms with Crippen LogP contribution in [-0.4, -0.2) is 48.9 Å². The maximum absolute atomic E-state index is 5.18. The number of nitrogens with zero attached hydrogens (tertiary/aromatic N) is 5. The molecule has 0 radical (unpaired) electrons. The summed E-state index contributed by atoms with van der Waals surface area (Å²) in [5.74, 6) is 8.26. The Kier molecular flexibility index (Phi) is 5.85. The summed E-state index contributed by atoms with van der Waals surface area (Å²) in [5.41, 5.74) is 5.39. The third-order valence-electron chi connectivity index (χ3n) is 6.91. The molecule has 5 aromatic rings. The van der Waals surface area contributed by atoms with Gasteiger partial charge in [0.15, 0.2) is 0 Å². The second-order valence-corrected chi connectivity index (χ2v) is 10.4. The fourth-order valence-electron chi connectivity index (χ4n) is 5.08. The summed E-state index contributed by atoms with van der Waals surface area (Å²) in [5, 5.41) is 2.30. The van der Waals surface area contributed by atoms with E-state index < -0.39 is 0 Å². The average molecular weight is 481 g/mol. The van der Waals surface area contributed by atoms with E-state index in [0.29, 0.717) is 5.92 Å². The van der Waals surface area contributed by atoms with Gasteiger partial charge in [-0.05, 0) is 57.3 Å². The number of fused-ring (bicyclic) bond motifs is 2. The molecule has 0 amide bonds. The Labute approximate surface area is 209 Å². The van der Waals surface area contributed by atoms with Crippen LogP contribution < -0.4 is 0 Å². The van der Waals surface area contributed by atoms with Crippen molar-refractivity contribution in [2.24, 2.45) is 0 Å². The predicted octanol–water partition coefficient (Wildman–Crippen LogP) is 5.57. The van der Waals surface area contributed by atoms with Gasteiger partial charge < -0.3 is 9.88 Å². The van der Waals surface area contributed by atoms with Crippen LogP contribution in [0.4, 0.5) is 0 Å². The van der Waals surface area contributed by atoms with Gasteiger partial charge in [0.05, 0.1) is 33.0 Å². The number of piperidine rings is 1. The molecule has 1 aliphatic rings. The van der Waals surface area contributed by atoms with Crippen LogP contribution >= 0.6 is 11.3 Å². The lowest BCUT2D eigenvalue weighted by molar-refractivity contribution is 0.213. The number of aryl methyl sites for hydroxylation is 2. The largest absolute Gasteiger partial charge is 0.361 e. The van der Waals surface area contributed by atoms with Gasteiger partial charge >= 0.3 is 0 Å². The lowest BCUT2D eigenvalue weighted by Gasteiger charge is -2.30. The maximum atomic E-state index is 5.18. The van der Waals surface area contributed by atoms with Crippen molar-refractivity contribution in [2.45, 2.75) is 39.0 Å². The van der Waals surface area contributed by atoms with Crippen molar-refractivity contribution < 1.29 is 0 Å². The van der Waals surface area contributed by atoms with Gasteiger partial charge in [0.2, 0.25) is 0 Å². The molecule has 1 fully saturated rings. The van der Waals surface area contributed by atoms with Crippen molar-refractivity contribution in [3.63, 3.8) is 0 Å². The first-order valence-electron chi connectivity index (χ1n) is 12.2. The minimum Gasteiger partial charge on any atom is -0.361 e. The predicted molar refractivity (Wildman–Crippen MR) is 142 cm³/mol. The molecule has 0 bridgehead atoms. The molecule has 1 aromatic carbocycles. The van der Waals surface area contributed by atoms with Gasteiger partial charge in [0.1, 0.15) is 5.82 Å². The Balaban J connectivity index is 1.16. The Bertz CT molecular complexity index is 1550. The standard InChI is InChI=1S/C28H28N6S/c1-19-26(35-20(2)31-19)5-3-4-13-33-14-9-22(10-15-33)28-32-27(25-18-29-12-16-34(25)28)23-7-6-21-8-11-30-24(21)17-23/h6-8,11-12,16-18,22,30H,4,9-10,13-15H2,1-2H3. The number of likely N-dealkylation sites (tertiary alicyclic amines) is 1. The summed E-state index contributed by atoms with van der Waals surface area (Å²) in [6.45, 7) is 7.25. The topological polar surface area (TPSA) is 62.1 Å². The second kappa shape index (κ2) is 9.29. The number of hydrogen-bond acceptors (Lipinski definition) is 5. The molecule has 176 valence electrons. The quantitative estimate of drug-likeness (QED) is 0.342. The van der Waals surface area contributed by atoms with Gasteiger partial charge in [-0.3, -0.25) is 9.38 Å². The SMILES string of the molecule is Cc1nc(C)c(C#CCCN2CCC(c3nc(-c4ccc5cc[nH]c5c4)c4cnccn34)CC2)s1. The van der Waals surface area contributed by atoms with Crippen LogP contribution in [0.3, 0.4) is 0 Å². The van der Waals surface area contributed by atoms with Crippen LogP contribution in [0.15, 0.2) is 49.1 Å². The number of rotatable bonds is 4. The summed E-state index contributed by atoms with van der Waals surface area (Å²) in [6, 6.07) is 8.60. The van der Waals surface area contributed by atoms with Gasteiger partial charge in [-0.1, -0.05) is 24.0 Å². The fraction of sp³-hybridized carbons (Fsp3) is 0.321.